The Morgan fingerprint density at radius 1 is 0.938 bits per heavy atom. The summed E-state index contributed by atoms with van der Waals surface area (Å²) in [4.78, 5) is 39.3. The van der Waals surface area contributed by atoms with E-state index in [4.69, 9.17) is 21.1 Å². The number of rotatable bonds is 7. The third kappa shape index (κ3) is 5.26. The Morgan fingerprint density at radius 2 is 1.69 bits per heavy atom. The average Bonchev–Trinajstić information content (AvgIpc) is 3.35. The minimum Gasteiger partial charge on any atom is -0.496 e. The monoisotopic (exact) mass is 683 g/mol. The number of ether oxygens (including phenoxy) is 2. The lowest BCUT2D eigenvalue weighted by Crippen LogP contribution is -2.55. The van der Waals surface area contributed by atoms with E-state index in [2.05, 4.69) is 20.2 Å². The van der Waals surface area contributed by atoms with Crippen LogP contribution in [0.5, 0.6) is 5.75 Å². The molecule has 1 saturated heterocycles. The largest absolute Gasteiger partial charge is 0.496 e. The highest BCUT2D eigenvalue weighted by atomic mass is 35.5. The number of halogens is 1. The number of aromatic nitrogens is 2. The Hall–Kier alpha value is -5.20. The zero-order valence-corrected chi connectivity index (χ0v) is 27.3. The number of carbonyl (C=O) groups excluding carboxylic acids is 2. The van der Waals surface area contributed by atoms with Crippen molar-refractivity contribution in [2.75, 3.05) is 29.4 Å². The van der Waals surface area contributed by atoms with Crippen molar-refractivity contribution in [1.82, 2.24) is 15.3 Å². The van der Waals surface area contributed by atoms with Crippen LogP contribution in [0.3, 0.4) is 0 Å². The minimum atomic E-state index is -4.60. The molecule has 2 aromatic heterocycles. The molecule has 1 N–H and O–H groups in total. The number of nitrogens with one attached hydrogen (secondary N) is 1. The van der Waals surface area contributed by atoms with E-state index in [-0.39, 0.29) is 38.0 Å². The molecule has 48 heavy (non-hydrogen) atoms. The third-order valence-corrected chi connectivity index (χ3v) is 10.7. The van der Waals surface area contributed by atoms with Gasteiger partial charge in [-0.2, -0.15) is 4.31 Å². The fourth-order valence-electron chi connectivity index (χ4n) is 6.51. The molecular weight excluding hydrogens is 654 g/mol. The second-order valence-corrected chi connectivity index (χ2v) is 13.6. The number of alkyl carbamates (subject to hydrolysis) is 1. The molecule has 0 radical (unpaired) electrons. The number of amides is 2. The van der Waals surface area contributed by atoms with Crippen LogP contribution in [0.15, 0.2) is 108 Å². The number of nitrogens with zero attached hydrogens (tertiary/aromatic N) is 4. The number of para-hydroxylation sites is 2. The van der Waals surface area contributed by atoms with Crippen molar-refractivity contribution >= 4 is 55.9 Å². The summed E-state index contributed by atoms with van der Waals surface area (Å²) in [5, 5.41) is 3.61. The summed E-state index contributed by atoms with van der Waals surface area (Å²) in [5.41, 5.74) is -0.495. The Morgan fingerprint density at radius 3 is 2.46 bits per heavy atom. The molecule has 5 aromatic rings. The fraction of sp³-hybridized carbons (Fsp3) is 0.200. The van der Waals surface area contributed by atoms with Gasteiger partial charge in [0.25, 0.3) is 15.9 Å². The van der Waals surface area contributed by atoms with Gasteiger partial charge in [0.05, 0.1) is 18.3 Å². The SMILES string of the molecule is COc1ccccc1C1(NC(=O)OC2CCN(c3ccncc3)CC2)C(=O)N(S(=O)(=O)c2cccc3cccnc23)c2ccc(Cl)cc21. The number of hydrogen-bond donors (Lipinski definition) is 1. The molecule has 0 saturated carbocycles. The van der Waals surface area contributed by atoms with E-state index in [1.165, 1.54) is 37.6 Å². The minimum absolute atomic E-state index is 0.0224. The quantitative estimate of drug-likeness (QED) is 0.231. The Balaban J connectivity index is 1.30. The van der Waals surface area contributed by atoms with Gasteiger partial charge in [0, 0.05) is 71.7 Å². The van der Waals surface area contributed by atoms with Crippen LogP contribution < -0.4 is 19.3 Å². The summed E-state index contributed by atoms with van der Waals surface area (Å²) < 4.78 is 41.4. The van der Waals surface area contributed by atoms with Crippen molar-refractivity contribution in [1.29, 1.82) is 0 Å². The highest BCUT2D eigenvalue weighted by Gasteiger charge is 2.59. The van der Waals surface area contributed by atoms with Gasteiger partial charge in [0.1, 0.15) is 16.7 Å². The van der Waals surface area contributed by atoms with Crippen molar-refractivity contribution in [2.45, 2.75) is 29.4 Å². The Kier molecular flexibility index (Phi) is 8.14. The molecule has 2 aliphatic rings. The summed E-state index contributed by atoms with van der Waals surface area (Å²) in [6.07, 6.45) is 4.68. The highest BCUT2D eigenvalue weighted by molar-refractivity contribution is 7.93. The lowest BCUT2D eigenvalue weighted by Gasteiger charge is -2.35. The number of sulfonamides is 1. The summed E-state index contributed by atoms with van der Waals surface area (Å²) >= 11 is 6.50. The summed E-state index contributed by atoms with van der Waals surface area (Å²) in [6, 6.07) is 23.0. The van der Waals surface area contributed by atoms with Crippen LogP contribution in [0.1, 0.15) is 24.0 Å². The van der Waals surface area contributed by atoms with Crippen LogP contribution in [0, 0.1) is 0 Å². The molecule has 11 nitrogen and oxygen atoms in total. The number of fused-ring (bicyclic) bond motifs is 2. The van der Waals surface area contributed by atoms with Crippen LogP contribution in [0.2, 0.25) is 5.02 Å². The topological polar surface area (TPSA) is 131 Å². The van der Waals surface area contributed by atoms with E-state index in [0.717, 1.165) is 5.69 Å². The number of carbonyl (C=O) groups is 2. The van der Waals surface area contributed by atoms with Crippen LogP contribution in [0.4, 0.5) is 16.2 Å². The molecule has 7 rings (SSSR count). The zero-order chi connectivity index (χ0) is 33.5. The first-order chi connectivity index (χ1) is 23.2. The molecule has 244 valence electrons. The number of benzene rings is 3. The van der Waals surface area contributed by atoms with Crippen LogP contribution >= 0.6 is 11.6 Å². The maximum atomic E-state index is 15.0. The van der Waals surface area contributed by atoms with Gasteiger partial charge in [0.15, 0.2) is 5.54 Å². The molecule has 2 aliphatic heterocycles. The maximum Gasteiger partial charge on any atom is 0.408 e. The van der Waals surface area contributed by atoms with E-state index in [9.17, 15) is 18.0 Å². The standard InChI is InChI=1S/C35H30ClN5O6S/c1-46-30-9-3-2-8-27(30)35(39-34(43)47-26-15-20-40(21-16-26)25-13-18-37-19-14-25)28-22-24(36)11-12-29(28)41(33(35)42)48(44,45)31-10-4-6-23-7-5-17-38-32(23)31/h2-14,17-19,22,26H,15-16,20-21H2,1H3,(H,39,43). The molecule has 3 aromatic carbocycles. The average molecular weight is 684 g/mol. The number of methoxy groups -OCH3 is 1. The Bertz CT molecular complexity index is 2140. The number of piperidine rings is 1. The first-order valence-electron chi connectivity index (χ1n) is 15.2. The van der Waals surface area contributed by atoms with Gasteiger partial charge in [-0.25, -0.2) is 13.2 Å². The Labute approximate surface area is 282 Å². The van der Waals surface area contributed by atoms with Crippen LogP contribution in [0.25, 0.3) is 10.9 Å². The van der Waals surface area contributed by atoms with E-state index in [0.29, 0.717) is 35.6 Å². The molecule has 1 atom stereocenters. The molecule has 4 heterocycles. The summed E-state index contributed by atoms with van der Waals surface area (Å²) in [7, 11) is -3.17. The van der Waals surface area contributed by atoms with Crippen LogP contribution in [-0.4, -0.2) is 56.7 Å². The van der Waals surface area contributed by atoms with Gasteiger partial charge in [-0.15, -0.1) is 0 Å². The summed E-state index contributed by atoms with van der Waals surface area (Å²) in [6.45, 7) is 1.28. The van der Waals surface area contributed by atoms with Crippen molar-refractivity contribution in [3.8, 4) is 5.75 Å². The molecule has 2 amide bonds. The van der Waals surface area contributed by atoms with Crippen molar-refractivity contribution < 1.29 is 27.5 Å². The highest BCUT2D eigenvalue weighted by Crippen LogP contribution is 2.50. The first-order valence-corrected chi connectivity index (χ1v) is 17.1. The second-order valence-electron chi connectivity index (χ2n) is 11.4. The van der Waals surface area contributed by atoms with Gasteiger partial charge in [-0.3, -0.25) is 20.1 Å². The molecule has 0 spiro atoms. The summed E-state index contributed by atoms with van der Waals surface area (Å²) in [5.74, 6) is -0.713. The lowest BCUT2D eigenvalue weighted by molar-refractivity contribution is -0.121. The van der Waals surface area contributed by atoms with Gasteiger partial charge < -0.3 is 14.4 Å². The number of pyridine rings is 2. The first kappa shape index (κ1) is 31.4. The van der Waals surface area contributed by atoms with Gasteiger partial charge in [0.2, 0.25) is 0 Å². The maximum absolute atomic E-state index is 15.0. The number of hydrogen-bond acceptors (Lipinski definition) is 9. The molecular formula is C35H30ClN5O6S. The predicted octanol–water partition coefficient (Wildman–Crippen LogP) is 5.67. The van der Waals surface area contributed by atoms with Crippen molar-refractivity contribution in [3.63, 3.8) is 0 Å². The normalized spacial score (nSPS) is 18.1. The van der Waals surface area contributed by atoms with Crippen LogP contribution in [-0.2, 0) is 25.1 Å². The molecule has 1 unspecified atom stereocenters. The van der Waals surface area contributed by atoms with Gasteiger partial charge in [-0.05, 0) is 48.5 Å². The van der Waals surface area contributed by atoms with Crippen molar-refractivity contribution in [3.05, 3.63) is 120 Å². The smallest absolute Gasteiger partial charge is 0.408 e. The van der Waals surface area contributed by atoms with Gasteiger partial charge >= 0.3 is 6.09 Å². The predicted molar refractivity (Wildman–Crippen MR) is 181 cm³/mol. The van der Waals surface area contributed by atoms with E-state index < -0.39 is 33.7 Å². The molecule has 0 bridgehead atoms. The molecule has 1 fully saturated rings. The van der Waals surface area contributed by atoms with E-state index >= 15 is 0 Å². The van der Waals surface area contributed by atoms with Crippen molar-refractivity contribution in [2.24, 2.45) is 0 Å². The third-order valence-electron chi connectivity index (χ3n) is 8.74. The fourth-order valence-corrected chi connectivity index (χ4v) is 8.32. The lowest BCUT2D eigenvalue weighted by atomic mass is 9.83. The molecule has 0 aliphatic carbocycles. The second kappa shape index (κ2) is 12.4. The zero-order valence-electron chi connectivity index (χ0n) is 25.7. The van der Waals surface area contributed by atoms with Gasteiger partial charge in [-0.1, -0.05) is 48.0 Å². The van der Waals surface area contributed by atoms with E-state index in [1.807, 2.05) is 12.1 Å². The number of anilines is 2. The molecule has 13 heteroatoms. The van der Waals surface area contributed by atoms with E-state index in [1.54, 1.807) is 60.9 Å².